The van der Waals surface area contributed by atoms with Crippen LogP contribution in [0.5, 0.6) is 0 Å². The number of piperidine rings is 1. The molecule has 0 bridgehead atoms. The second-order valence-electron chi connectivity index (χ2n) is 5.35. The molecular weight excluding hydrogens is 278 g/mol. The quantitative estimate of drug-likeness (QED) is 0.579. The van der Waals surface area contributed by atoms with Crippen molar-refractivity contribution in [2.24, 2.45) is 5.92 Å². The molecule has 20 heavy (non-hydrogen) atoms. The highest BCUT2D eigenvalue weighted by Gasteiger charge is 2.27. The number of nitrogens with one attached hydrogen (secondary N) is 2. The Hall–Kier alpha value is -0.210. The van der Waals surface area contributed by atoms with Crippen LogP contribution >= 0.6 is 0 Å². The molecule has 1 aliphatic heterocycles. The summed E-state index contributed by atoms with van der Waals surface area (Å²) in [5.74, 6) is 0.598. The minimum Gasteiger partial charge on any atom is -0.385 e. The third-order valence-electron chi connectivity index (χ3n) is 3.72. The van der Waals surface area contributed by atoms with Gasteiger partial charge in [0.05, 0.1) is 0 Å². The summed E-state index contributed by atoms with van der Waals surface area (Å²) in [6.07, 6.45) is 4.71. The van der Waals surface area contributed by atoms with Gasteiger partial charge in [-0.2, -0.15) is 12.7 Å². The van der Waals surface area contributed by atoms with E-state index >= 15 is 0 Å². The van der Waals surface area contributed by atoms with Crippen LogP contribution in [0.2, 0.25) is 0 Å². The molecule has 0 aromatic rings. The van der Waals surface area contributed by atoms with Crippen molar-refractivity contribution in [2.75, 3.05) is 46.9 Å². The molecule has 0 atom stereocenters. The van der Waals surface area contributed by atoms with Crippen LogP contribution in [0.1, 0.15) is 32.1 Å². The Balaban J connectivity index is 2.21. The molecule has 6 nitrogen and oxygen atoms in total. The minimum atomic E-state index is -3.28. The zero-order chi connectivity index (χ0) is 14.8. The van der Waals surface area contributed by atoms with E-state index < -0.39 is 10.2 Å². The van der Waals surface area contributed by atoms with Crippen molar-refractivity contribution < 1.29 is 13.2 Å². The lowest BCUT2D eigenvalue weighted by atomic mass is 9.98. The molecule has 1 rings (SSSR count). The lowest BCUT2D eigenvalue weighted by Gasteiger charge is -2.31. The van der Waals surface area contributed by atoms with E-state index in [2.05, 4.69) is 10.0 Å². The Kier molecular flexibility index (Phi) is 8.63. The number of ether oxygens (including phenoxy) is 1. The molecule has 1 aliphatic rings. The molecule has 7 heteroatoms. The first-order valence-electron chi connectivity index (χ1n) is 7.48. The van der Waals surface area contributed by atoms with Crippen molar-refractivity contribution in [2.45, 2.75) is 32.1 Å². The highest BCUT2D eigenvalue weighted by atomic mass is 32.2. The normalized spacial score (nSPS) is 18.5. The molecule has 1 heterocycles. The number of rotatable bonds is 10. The Labute approximate surface area is 123 Å². The van der Waals surface area contributed by atoms with Crippen LogP contribution in [0.4, 0.5) is 0 Å². The number of hydrogen-bond acceptors (Lipinski definition) is 4. The molecule has 0 spiro atoms. The lowest BCUT2D eigenvalue weighted by molar-refractivity contribution is 0.192. The summed E-state index contributed by atoms with van der Waals surface area (Å²) in [6, 6.07) is 0. The highest BCUT2D eigenvalue weighted by molar-refractivity contribution is 7.87. The van der Waals surface area contributed by atoms with Crippen LogP contribution in [0.15, 0.2) is 0 Å². The van der Waals surface area contributed by atoms with Crippen LogP contribution in [0.3, 0.4) is 0 Å². The minimum absolute atomic E-state index is 0.516. The standard InChI is InChI=1S/C13H29N3O3S/c1-14-12-13-6-9-16(10-7-13)20(17,18)15-8-4-3-5-11-19-2/h13-15H,3-12H2,1-2H3. The largest absolute Gasteiger partial charge is 0.385 e. The van der Waals surface area contributed by atoms with Gasteiger partial charge in [-0.3, -0.25) is 0 Å². The molecule has 0 radical (unpaired) electrons. The zero-order valence-corrected chi connectivity index (χ0v) is 13.5. The fourth-order valence-corrected chi connectivity index (χ4v) is 3.76. The van der Waals surface area contributed by atoms with E-state index in [4.69, 9.17) is 4.74 Å². The average Bonchev–Trinajstić information content (AvgIpc) is 2.44. The van der Waals surface area contributed by atoms with Gasteiger partial charge >= 0.3 is 0 Å². The van der Waals surface area contributed by atoms with Gasteiger partial charge in [0, 0.05) is 33.4 Å². The molecule has 0 aliphatic carbocycles. The molecule has 0 amide bonds. The Morgan fingerprint density at radius 3 is 2.50 bits per heavy atom. The molecule has 0 aromatic carbocycles. The fraction of sp³-hybridized carbons (Fsp3) is 1.00. The van der Waals surface area contributed by atoms with E-state index in [-0.39, 0.29) is 0 Å². The van der Waals surface area contributed by atoms with Gasteiger partial charge < -0.3 is 10.1 Å². The maximum Gasteiger partial charge on any atom is 0.279 e. The SMILES string of the molecule is CNCC1CCN(S(=O)(=O)NCCCCCOC)CC1. The maximum atomic E-state index is 12.1. The number of hydrogen-bond donors (Lipinski definition) is 2. The third kappa shape index (κ3) is 6.49. The summed E-state index contributed by atoms with van der Waals surface area (Å²) in [5, 5.41) is 3.16. The van der Waals surface area contributed by atoms with Crippen LogP contribution in [0, 0.1) is 5.92 Å². The lowest BCUT2D eigenvalue weighted by Crippen LogP contribution is -2.46. The summed E-state index contributed by atoms with van der Waals surface area (Å²) < 4.78 is 33.5. The van der Waals surface area contributed by atoms with E-state index in [0.29, 0.717) is 25.6 Å². The summed E-state index contributed by atoms with van der Waals surface area (Å²) in [7, 11) is 0.337. The van der Waals surface area contributed by atoms with Gasteiger partial charge in [0.2, 0.25) is 0 Å². The summed E-state index contributed by atoms with van der Waals surface area (Å²) >= 11 is 0. The topological polar surface area (TPSA) is 70.7 Å². The van der Waals surface area contributed by atoms with Crippen molar-refractivity contribution in [1.82, 2.24) is 14.3 Å². The van der Waals surface area contributed by atoms with E-state index in [1.807, 2.05) is 7.05 Å². The maximum absolute atomic E-state index is 12.1. The highest BCUT2D eigenvalue weighted by Crippen LogP contribution is 2.18. The first kappa shape index (κ1) is 17.8. The number of methoxy groups -OCH3 is 1. The van der Waals surface area contributed by atoms with Crippen molar-refractivity contribution in [3.8, 4) is 0 Å². The molecule has 0 saturated carbocycles. The smallest absolute Gasteiger partial charge is 0.279 e. The van der Waals surface area contributed by atoms with Gasteiger partial charge in [0.1, 0.15) is 0 Å². The van der Waals surface area contributed by atoms with Gasteiger partial charge in [0.25, 0.3) is 10.2 Å². The van der Waals surface area contributed by atoms with Crippen molar-refractivity contribution >= 4 is 10.2 Å². The molecule has 1 saturated heterocycles. The van der Waals surface area contributed by atoms with Crippen LogP contribution < -0.4 is 10.0 Å². The predicted octanol–water partition coefficient (Wildman–Crippen LogP) is 0.569. The molecule has 2 N–H and O–H groups in total. The van der Waals surface area contributed by atoms with E-state index in [1.165, 1.54) is 0 Å². The number of unbranched alkanes of at least 4 members (excludes halogenated alkanes) is 2. The average molecular weight is 307 g/mol. The van der Waals surface area contributed by atoms with Gasteiger partial charge in [-0.1, -0.05) is 0 Å². The molecule has 0 unspecified atom stereocenters. The van der Waals surface area contributed by atoms with Crippen LogP contribution in [-0.4, -0.2) is 59.7 Å². The number of nitrogens with zero attached hydrogens (tertiary/aromatic N) is 1. The fourth-order valence-electron chi connectivity index (χ4n) is 2.48. The first-order chi connectivity index (χ1) is 9.60. The Morgan fingerprint density at radius 1 is 1.20 bits per heavy atom. The van der Waals surface area contributed by atoms with Crippen molar-refractivity contribution in [1.29, 1.82) is 0 Å². The summed E-state index contributed by atoms with van der Waals surface area (Å²) in [5.41, 5.74) is 0. The van der Waals surface area contributed by atoms with Crippen molar-refractivity contribution in [3.05, 3.63) is 0 Å². The van der Waals surface area contributed by atoms with Crippen molar-refractivity contribution in [3.63, 3.8) is 0 Å². The van der Waals surface area contributed by atoms with Gasteiger partial charge in [-0.15, -0.1) is 0 Å². The molecule has 0 aromatic heterocycles. The molecular formula is C13H29N3O3S. The first-order valence-corrected chi connectivity index (χ1v) is 8.92. The van der Waals surface area contributed by atoms with Crippen LogP contribution in [-0.2, 0) is 14.9 Å². The Morgan fingerprint density at radius 2 is 1.90 bits per heavy atom. The molecule has 120 valence electrons. The van der Waals surface area contributed by atoms with E-state index in [0.717, 1.165) is 45.3 Å². The summed E-state index contributed by atoms with van der Waals surface area (Å²) in [4.78, 5) is 0. The van der Waals surface area contributed by atoms with Gasteiger partial charge in [-0.05, 0) is 51.6 Å². The Bertz CT molecular complexity index is 341. The van der Waals surface area contributed by atoms with Gasteiger partial charge in [0.15, 0.2) is 0 Å². The second-order valence-corrected chi connectivity index (χ2v) is 7.11. The third-order valence-corrected chi connectivity index (χ3v) is 5.33. The molecule has 1 fully saturated rings. The summed E-state index contributed by atoms with van der Waals surface area (Å²) in [6.45, 7) is 3.49. The monoisotopic (exact) mass is 307 g/mol. The van der Waals surface area contributed by atoms with E-state index in [1.54, 1.807) is 11.4 Å². The second kappa shape index (κ2) is 9.68. The van der Waals surface area contributed by atoms with E-state index in [9.17, 15) is 8.42 Å². The zero-order valence-electron chi connectivity index (χ0n) is 12.7. The predicted molar refractivity (Wildman–Crippen MR) is 80.9 cm³/mol. The van der Waals surface area contributed by atoms with Crippen LogP contribution in [0.25, 0.3) is 0 Å². The van der Waals surface area contributed by atoms with Gasteiger partial charge in [-0.25, -0.2) is 4.72 Å².